The van der Waals surface area contributed by atoms with Crippen molar-refractivity contribution in [1.29, 1.82) is 0 Å². The van der Waals surface area contributed by atoms with Crippen LogP contribution < -0.4 is 0 Å². The zero-order valence-electron chi connectivity index (χ0n) is 11.1. The van der Waals surface area contributed by atoms with Crippen molar-refractivity contribution < 1.29 is 4.79 Å². The second-order valence-electron chi connectivity index (χ2n) is 5.74. The Kier molecular flexibility index (Phi) is 3.79. The Morgan fingerprint density at radius 1 is 1.11 bits per heavy atom. The number of carbonyl (C=O) groups excluding carboxylic acids is 1. The number of benzene rings is 1. The predicted molar refractivity (Wildman–Crippen MR) is 77.3 cm³/mol. The highest BCUT2D eigenvalue weighted by molar-refractivity contribution is 6.31. The molecule has 0 saturated heterocycles. The average Bonchev–Trinajstić information content (AvgIpc) is 3.07. The third kappa shape index (κ3) is 2.94. The first kappa shape index (κ1) is 13.0. The lowest BCUT2D eigenvalue weighted by Crippen LogP contribution is -2.41. The molecule has 2 aliphatic rings. The van der Waals surface area contributed by atoms with Gasteiger partial charge < -0.3 is 4.90 Å². The van der Waals surface area contributed by atoms with E-state index < -0.39 is 0 Å². The van der Waals surface area contributed by atoms with Gasteiger partial charge in [0.1, 0.15) is 0 Å². The maximum absolute atomic E-state index is 12.6. The molecule has 0 heterocycles. The van der Waals surface area contributed by atoms with E-state index in [-0.39, 0.29) is 5.91 Å². The van der Waals surface area contributed by atoms with Crippen molar-refractivity contribution in [3.63, 3.8) is 0 Å². The second-order valence-corrected chi connectivity index (χ2v) is 6.15. The van der Waals surface area contributed by atoms with E-state index >= 15 is 0 Å². The minimum absolute atomic E-state index is 0.266. The molecule has 1 aromatic carbocycles. The van der Waals surface area contributed by atoms with Gasteiger partial charge in [0.2, 0.25) is 5.91 Å². The lowest BCUT2D eigenvalue weighted by molar-refractivity contribution is -0.133. The van der Waals surface area contributed by atoms with Gasteiger partial charge in [-0.1, -0.05) is 42.6 Å². The summed E-state index contributed by atoms with van der Waals surface area (Å²) in [5.74, 6) is 0.266. The standard InChI is InChI=1S/C16H20ClNO/c17-15-8-4-1-5-12(15)11-16(19)18(14-9-10-14)13-6-2-3-7-13/h1,4-5,8,13-14H,2-3,6-7,9-11H2. The van der Waals surface area contributed by atoms with Crippen LogP contribution in [0.2, 0.25) is 5.02 Å². The van der Waals surface area contributed by atoms with Crippen molar-refractivity contribution in [1.82, 2.24) is 4.90 Å². The summed E-state index contributed by atoms with van der Waals surface area (Å²) in [7, 11) is 0. The van der Waals surface area contributed by atoms with Gasteiger partial charge in [-0.2, -0.15) is 0 Å². The van der Waals surface area contributed by atoms with Gasteiger partial charge in [0.25, 0.3) is 0 Å². The molecule has 2 aliphatic carbocycles. The fraction of sp³-hybridized carbons (Fsp3) is 0.562. The van der Waals surface area contributed by atoms with Gasteiger partial charge in [0, 0.05) is 17.1 Å². The van der Waals surface area contributed by atoms with Gasteiger partial charge in [-0.25, -0.2) is 0 Å². The molecule has 19 heavy (non-hydrogen) atoms. The number of amides is 1. The zero-order chi connectivity index (χ0) is 13.2. The number of hydrogen-bond donors (Lipinski definition) is 0. The molecule has 0 aromatic heterocycles. The van der Waals surface area contributed by atoms with E-state index in [4.69, 9.17) is 11.6 Å². The first-order valence-electron chi connectivity index (χ1n) is 7.30. The number of hydrogen-bond acceptors (Lipinski definition) is 1. The molecule has 2 saturated carbocycles. The Morgan fingerprint density at radius 2 is 1.74 bits per heavy atom. The van der Waals surface area contributed by atoms with Crippen molar-refractivity contribution in [2.24, 2.45) is 0 Å². The molecule has 3 rings (SSSR count). The summed E-state index contributed by atoms with van der Waals surface area (Å²) in [4.78, 5) is 14.8. The van der Waals surface area contributed by atoms with Crippen molar-refractivity contribution >= 4 is 17.5 Å². The maximum atomic E-state index is 12.6. The molecule has 0 N–H and O–H groups in total. The van der Waals surface area contributed by atoms with E-state index in [1.165, 1.54) is 38.5 Å². The second kappa shape index (κ2) is 5.54. The molecular formula is C16H20ClNO. The minimum Gasteiger partial charge on any atom is -0.336 e. The van der Waals surface area contributed by atoms with Crippen LogP contribution in [0.4, 0.5) is 0 Å². The van der Waals surface area contributed by atoms with Gasteiger partial charge in [0.05, 0.1) is 6.42 Å². The zero-order valence-corrected chi connectivity index (χ0v) is 11.9. The molecule has 3 heteroatoms. The molecule has 0 radical (unpaired) electrons. The molecule has 0 aliphatic heterocycles. The normalized spacial score (nSPS) is 19.6. The topological polar surface area (TPSA) is 20.3 Å². The third-order valence-electron chi connectivity index (χ3n) is 4.25. The highest BCUT2D eigenvalue weighted by atomic mass is 35.5. The highest BCUT2D eigenvalue weighted by Gasteiger charge is 2.38. The molecular weight excluding hydrogens is 258 g/mol. The van der Waals surface area contributed by atoms with E-state index in [1.54, 1.807) is 0 Å². The van der Waals surface area contributed by atoms with Crippen LogP contribution in [-0.4, -0.2) is 22.9 Å². The van der Waals surface area contributed by atoms with Crippen LogP contribution in [0.3, 0.4) is 0 Å². The minimum atomic E-state index is 0.266. The smallest absolute Gasteiger partial charge is 0.227 e. The first-order valence-corrected chi connectivity index (χ1v) is 7.68. The lowest BCUT2D eigenvalue weighted by Gasteiger charge is -2.29. The van der Waals surface area contributed by atoms with Crippen LogP contribution >= 0.6 is 11.6 Å². The Balaban J connectivity index is 1.72. The molecule has 1 aromatic rings. The van der Waals surface area contributed by atoms with E-state index in [0.717, 1.165) is 5.56 Å². The van der Waals surface area contributed by atoms with Gasteiger partial charge in [0.15, 0.2) is 0 Å². The van der Waals surface area contributed by atoms with E-state index in [0.29, 0.717) is 23.5 Å². The molecule has 2 fully saturated rings. The summed E-state index contributed by atoms with van der Waals surface area (Å²) in [5.41, 5.74) is 0.956. The molecule has 0 bridgehead atoms. The molecule has 2 nitrogen and oxygen atoms in total. The Morgan fingerprint density at radius 3 is 2.37 bits per heavy atom. The summed E-state index contributed by atoms with van der Waals surface area (Å²) in [5, 5.41) is 0.706. The molecule has 1 amide bonds. The summed E-state index contributed by atoms with van der Waals surface area (Å²) in [6.45, 7) is 0. The highest BCUT2D eigenvalue weighted by Crippen LogP contribution is 2.35. The molecule has 0 atom stereocenters. The summed E-state index contributed by atoms with van der Waals surface area (Å²) in [6, 6.07) is 8.68. The van der Waals surface area contributed by atoms with Crippen molar-refractivity contribution in [3.05, 3.63) is 34.9 Å². The molecule has 0 unspecified atom stereocenters. The number of rotatable bonds is 4. The van der Waals surface area contributed by atoms with Gasteiger partial charge in [-0.3, -0.25) is 4.79 Å². The van der Waals surface area contributed by atoms with Crippen LogP contribution in [0.1, 0.15) is 44.1 Å². The van der Waals surface area contributed by atoms with Crippen molar-refractivity contribution in [2.75, 3.05) is 0 Å². The fourth-order valence-electron chi connectivity index (χ4n) is 3.14. The maximum Gasteiger partial charge on any atom is 0.227 e. The van der Waals surface area contributed by atoms with E-state index in [2.05, 4.69) is 4.90 Å². The number of halogens is 1. The van der Waals surface area contributed by atoms with Crippen LogP contribution in [0.5, 0.6) is 0 Å². The van der Waals surface area contributed by atoms with Crippen molar-refractivity contribution in [2.45, 2.75) is 57.0 Å². The summed E-state index contributed by atoms with van der Waals surface area (Å²) < 4.78 is 0. The summed E-state index contributed by atoms with van der Waals surface area (Å²) in [6.07, 6.45) is 7.73. The van der Waals surface area contributed by atoms with E-state index in [9.17, 15) is 4.79 Å². The van der Waals surface area contributed by atoms with Gasteiger partial charge >= 0.3 is 0 Å². The average molecular weight is 278 g/mol. The molecule has 102 valence electrons. The predicted octanol–water partition coefficient (Wildman–Crippen LogP) is 3.82. The monoisotopic (exact) mass is 277 g/mol. The third-order valence-corrected chi connectivity index (χ3v) is 4.61. The Bertz CT molecular complexity index is 464. The van der Waals surface area contributed by atoms with Gasteiger partial charge in [-0.15, -0.1) is 0 Å². The van der Waals surface area contributed by atoms with Crippen LogP contribution in [0, 0.1) is 0 Å². The van der Waals surface area contributed by atoms with Gasteiger partial charge in [-0.05, 0) is 37.3 Å². The summed E-state index contributed by atoms with van der Waals surface area (Å²) >= 11 is 6.16. The number of carbonyl (C=O) groups is 1. The quantitative estimate of drug-likeness (QED) is 0.819. The Hall–Kier alpha value is -1.02. The number of nitrogens with zero attached hydrogens (tertiary/aromatic N) is 1. The fourth-order valence-corrected chi connectivity index (χ4v) is 3.34. The van der Waals surface area contributed by atoms with E-state index in [1.807, 2.05) is 24.3 Å². The van der Waals surface area contributed by atoms with Crippen LogP contribution in [0.15, 0.2) is 24.3 Å². The molecule has 0 spiro atoms. The largest absolute Gasteiger partial charge is 0.336 e. The SMILES string of the molecule is O=C(Cc1ccccc1Cl)N(C1CCCC1)C1CC1. The first-order chi connectivity index (χ1) is 9.25. The van der Waals surface area contributed by atoms with Crippen molar-refractivity contribution in [3.8, 4) is 0 Å². The Labute approximate surface area is 119 Å². The lowest BCUT2D eigenvalue weighted by atomic mass is 10.1. The van der Waals surface area contributed by atoms with Crippen LogP contribution in [0.25, 0.3) is 0 Å². The van der Waals surface area contributed by atoms with Crippen LogP contribution in [-0.2, 0) is 11.2 Å².